The van der Waals surface area contributed by atoms with Gasteiger partial charge in [0.25, 0.3) is 0 Å². The maximum atomic E-state index is 12.5. The van der Waals surface area contributed by atoms with Crippen molar-refractivity contribution in [2.24, 2.45) is 11.8 Å². The molecule has 14 nitrogen and oxygen atoms in total. The van der Waals surface area contributed by atoms with Crippen LogP contribution >= 0.6 is 0 Å². The lowest BCUT2D eigenvalue weighted by atomic mass is 9.81. The number of carbonyl (C=O) groups excluding carboxylic acids is 6. The molecule has 3 unspecified atom stereocenters. The fourth-order valence-electron chi connectivity index (χ4n) is 3.96. The van der Waals surface area contributed by atoms with Crippen molar-refractivity contribution in [1.29, 1.82) is 0 Å². The molecule has 1 rings (SSSR count). The average molecular weight is 651 g/mol. The lowest BCUT2D eigenvalue weighted by Gasteiger charge is -2.29. The van der Waals surface area contributed by atoms with Gasteiger partial charge in [-0.2, -0.15) is 0 Å². The molecule has 0 aromatic carbocycles. The van der Waals surface area contributed by atoms with E-state index in [1.54, 1.807) is 0 Å². The second-order valence-corrected chi connectivity index (χ2v) is 11.2. The van der Waals surface area contributed by atoms with Crippen LogP contribution in [0.4, 0.5) is 9.59 Å². The lowest BCUT2D eigenvalue weighted by molar-refractivity contribution is -0.164. The maximum absolute atomic E-state index is 12.5. The molecule has 1 aliphatic carbocycles. The number of esters is 3. The summed E-state index contributed by atoms with van der Waals surface area (Å²) < 4.78 is 31.0. The first-order chi connectivity index (χ1) is 21.6. The van der Waals surface area contributed by atoms with Crippen molar-refractivity contribution in [3.05, 3.63) is 48.6 Å². The van der Waals surface area contributed by atoms with E-state index in [-0.39, 0.29) is 60.4 Å². The Morgan fingerprint density at radius 2 is 1.09 bits per heavy atom. The quantitative estimate of drug-likeness (QED) is 0.0900. The van der Waals surface area contributed by atoms with E-state index in [1.807, 2.05) is 0 Å². The highest BCUT2D eigenvalue weighted by Gasteiger charge is 2.26. The summed E-state index contributed by atoms with van der Waals surface area (Å²) in [7, 11) is 0. The first kappa shape index (κ1) is 39.6. The first-order valence-corrected chi connectivity index (χ1v) is 14.8. The topological polar surface area (TPSA) is 182 Å². The van der Waals surface area contributed by atoms with Gasteiger partial charge in [-0.15, -0.1) is 0 Å². The van der Waals surface area contributed by atoms with Gasteiger partial charge >= 0.3 is 30.1 Å². The number of carbonyl (C=O) groups is 6. The Labute approximate surface area is 269 Å². The zero-order valence-electron chi connectivity index (χ0n) is 27.1. The molecule has 2 N–H and O–H groups in total. The van der Waals surface area contributed by atoms with Crippen LogP contribution in [0.2, 0.25) is 0 Å². The van der Waals surface area contributed by atoms with E-state index in [9.17, 15) is 28.8 Å². The molecule has 1 aliphatic rings. The van der Waals surface area contributed by atoms with Crippen LogP contribution < -0.4 is 10.6 Å². The van der Waals surface area contributed by atoms with Crippen molar-refractivity contribution in [1.82, 2.24) is 10.6 Å². The van der Waals surface area contributed by atoms with Crippen LogP contribution in [-0.2, 0) is 47.6 Å². The minimum absolute atomic E-state index is 0.0746. The van der Waals surface area contributed by atoms with Gasteiger partial charge in [-0.05, 0) is 64.4 Å². The molecule has 14 heteroatoms. The Morgan fingerprint density at radius 3 is 1.52 bits per heavy atom. The molecule has 0 spiro atoms. The highest BCUT2D eigenvalue weighted by molar-refractivity contribution is 5.95. The van der Waals surface area contributed by atoms with Gasteiger partial charge in [-0.25, -0.2) is 24.0 Å². The molecule has 1 saturated carbocycles. The van der Waals surface area contributed by atoms with Crippen LogP contribution in [-0.4, -0.2) is 87.8 Å². The molecule has 1 fully saturated rings. The van der Waals surface area contributed by atoms with Crippen LogP contribution in [0, 0.1) is 11.8 Å². The third-order valence-electron chi connectivity index (χ3n) is 6.55. The summed E-state index contributed by atoms with van der Waals surface area (Å²) in [5.74, 6) is -2.32. The maximum Gasteiger partial charge on any atom is 0.409 e. The highest BCUT2D eigenvalue weighted by Crippen LogP contribution is 2.28. The molecule has 0 radical (unpaired) electrons. The lowest BCUT2D eigenvalue weighted by Crippen LogP contribution is -2.39. The van der Waals surface area contributed by atoms with Crippen LogP contribution in [0.25, 0.3) is 0 Å². The van der Waals surface area contributed by atoms with E-state index in [4.69, 9.17) is 28.4 Å². The number of ether oxygens (including phenoxy) is 6. The van der Waals surface area contributed by atoms with Crippen molar-refractivity contribution in [2.75, 3.05) is 39.5 Å². The fourth-order valence-corrected chi connectivity index (χ4v) is 3.96. The van der Waals surface area contributed by atoms with Gasteiger partial charge in [0.05, 0.1) is 0 Å². The number of ketones is 1. The number of nitrogens with one attached hydrogen (secondary N) is 2. The number of hydrogen-bond donors (Lipinski definition) is 2. The summed E-state index contributed by atoms with van der Waals surface area (Å²) in [5, 5.41) is 5.36. The Hall–Kier alpha value is -4.46. The summed E-state index contributed by atoms with van der Waals surface area (Å²) in [6.45, 7) is 18.9. The van der Waals surface area contributed by atoms with Crippen molar-refractivity contribution in [2.45, 2.75) is 65.8 Å². The molecule has 0 heterocycles. The molecule has 2 amide bonds. The van der Waals surface area contributed by atoms with Crippen LogP contribution in [0.3, 0.4) is 0 Å². The Morgan fingerprint density at radius 1 is 0.652 bits per heavy atom. The van der Waals surface area contributed by atoms with Crippen molar-refractivity contribution in [3.8, 4) is 0 Å². The van der Waals surface area contributed by atoms with Gasteiger partial charge in [0.15, 0.2) is 18.5 Å². The summed E-state index contributed by atoms with van der Waals surface area (Å²) in [6.07, 6.45) is -0.809. The molecular weight excluding hydrogens is 604 g/mol. The SMILES string of the molecule is C=C(C)C(=O)COC(COC(=O)C(=C)C)OC(=O)NCC1CCCC(CNC(=O)OC(COC(=O)C(=C)C)COC(=O)C(=C)C)C1. The predicted octanol–water partition coefficient (Wildman–Crippen LogP) is 3.46. The third-order valence-corrected chi connectivity index (χ3v) is 6.55. The number of hydrogen-bond acceptors (Lipinski definition) is 12. The van der Waals surface area contributed by atoms with Gasteiger partial charge in [0.2, 0.25) is 6.29 Å². The minimum Gasteiger partial charge on any atom is -0.458 e. The van der Waals surface area contributed by atoms with E-state index < -0.39 is 61.5 Å². The molecule has 256 valence electrons. The highest BCUT2D eigenvalue weighted by atomic mass is 16.7. The predicted molar refractivity (Wildman–Crippen MR) is 165 cm³/mol. The van der Waals surface area contributed by atoms with E-state index in [2.05, 4.69) is 36.9 Å². The molecule has 0 aliphatic heterocycles. The van der Waals surface area contributed by atoms with E-state index in [0.29, 0.717) is 6.42 Å². The molecular formula is C32H46N2O12. The van der Waals surface area contributed by atoms with E-state index in [1.165, 1.54) is 27.7 Å². The molecule has 0 saturated heterocycles. The second kappa shape index (κ2) is 20.5. The summed E-state index contributed by atoms with van der Waals surface area (Å²) in [6, 6.07) is 0. The zero-order valence-corrected chi connectivity index (χ0v) is 27.1. The first-order valence-electron chi connectivity index (χ1n) is 14.8. The van der Waals surface area contributed by atoms with Gasteiger partial charge in [0, 0.05) is 29.8 Å². The molecule has 0 aromatic heterocycles. The normalized spacial score (nSPS) is 16.2. The average Bonchev–Trinajstić information content (AvgIpc) is 3.00. The minimum atomic E-state index is -1.33. The number of rotatable bonds is 19. The Kier molecular flexibility index (Phi) is 17.7. The third kappa shape index (κ3) is 16.6. The molecule has 0 aromatic rings. The molecule has 3 atom stereocenters. The second-order valence-electron chi connectivity index (χ2n) is 11.2. The monoisotopic (exact) mass is 650 g/mol. The van der Waals surface area contributed by atoms with Crippen LogP contribution in [0.5, 0.6) is 0 Å². The number of amides is 2. The van der Waals surface area contributed by atoms with Crippen LogP contribution in [0.1, 0.15) is 53.4 Å². The number of Topliss-reactive ketones (excluding diaryl/α,β-unsaturated/α-hetero) is 1. The van der Waals surface area contributed by atoms with Crippen molar-refractivity contribution < 1.29 is 57.2 Å². The molecule has 0 bridgehead atoms. The smallest absolute Gasteiger partial charge is 0.409 e. The van der Waals surface area contributed by atoms with E-state index >= 15 is 0 Å². The van der Waals surface area contributed by atoms with Gasteiger partial charge in [-0.1, -0.05) is 32.7 Å². The largest absolute Gasteiger partial charge is 0.458 e. The molecule has 46 heavy (non-hydrogen) atoms. The Bertz CT molecular complexity index is 1030. The van der Waals surface area contributed by atoms with Crippen molar-refractivity contribution >= 4 is 35.9 Å². The summed E-state index contributed by atoms with van der Waals surface area (Å²) >= 11 is 0. The summed E-state index contributed by atoms with van der Waals surface area (Å²) in [4.78, 5) is 72.2. The standard InChI is InChI=1S/C32H46N2O12/c1-19(2)26(35)17-41-27(18-44-30(38)22(7)8)46-32(40)34-14-24-11-9-10-23(12-24)13-33-31(39)45-25(15-42-28(36)20(3)4)16-43-29(37)21(5)6/h23-25,27H,1,3,5,7,9-18H2,2,4,6,8H3,(H,33,39)(H,34,40). The number of alkyl carbamates (subject to hydrolysis) is 2. The van der Waals surface area contributed by atoms with Gasteiger partial charge < -0.3 is 39.1 Å². The Balaban J connectivity index is 2.60. The van der Waals surface area contributed by atoms with E-state index in [0.717, 1.165) is 19.3 Å². The fraction of sp³-hybridized carbons (Fsp3) is 0.562. The van der Waals surface area contributed by atoms with Crippen molar-refractivity contribution in [3.63, 3.8) is 0 Å². The zero-order chi connectivity index (χ0) is 34.8. The van der Waals surface area contributed by atoms with Gasteiger partial charge in [-0.3, -0.25) is 4.79 Å². The summed E-state index contributed by atoms with van der Waals surface area (Å²) in [5.41, 5.74) is 0.710. The van der Waals surface area contributed by atoms with Crippen LogP contribution in [0.15, 0.2) is 48.6 Å². The van der Waals surface area contributed by atoms with Gasteiger partial charge in [0.1, 0.15) is 19.8 Å².